The van der Waals surface area contributed by atoms with Crippen LogP contribution in [-0.2, 0) is 11.3 Å². The number of thioether (sulfide) groups is 1. The summed E-state index contributed by atoms with van der Waals surface area (Å²) in [4.78, 5) is 12.6. The zero-order valence-corrected chi connectivity index (χ0v) is 18.2. The van der Waals surface area contributed by atoms with Crippen LogP contribution in [0.2, 0.25) is 0 Å². The van der Waals surface area contributed by atoms with Crippen molar-refractivity contribution in [2.24, 2.45) is 0 Å². The van der Waals surface area contributed by atoms with Crippen LogP contribution in [0.3, 0.4) is 0 Å². The van der Waals surface area contributed by atoms with Crippen molar-refractivity contribution < 1.29 is 4.79 Å². The first-order valence-electron chi connectivity index (χ1n) is 9.26. The summed E-state index contributed by atoms with van der Waals surface area (Å²) in [5, 5.41) is 14.4. The summed E-state index contributed by atoms with van der Waals surface area (Å²) in [6.07, 6.45) is 0. The van der Waals surface area contributed by atoms with Crippen molar-refractivity contribution in [2.45, 2.75) is 18.6 Å². The largest absolute Gasteiger partial charge is 0.325 e. The predicted molar refractivity (Wildman–Crippen MR) is 122 cm³/mol. The van der Waals surface area contributed by atoms with Crippen LogP contribution in [0.1, 0.15) is 6.92 Å². The number of anilines is 1. The van der Waals surface area contributed by atoms with Crippen molar-refractivity contribution in [3.05, 3.63) is 71.2 Å². The van der Waals surface area contributed by atoms with Crippen molar-refractivity contribution in [1.82, 2.24) is 14.8 Å². The molecular weight excluding hydrogens is 448 g/mol. The molecule has 1 heterocycles. The first-order valence-corrected chi connectivity index (χ1v) is 11.0. The lowest BCUT2D eigenvalue weighted by Crippen LogP contribution is -2.15. The number of fused-ring (bicyclic) bond motifs is 1. The monoisotopic (exact) mass is 466 g/mol. The number of amides is 1. The Morgan fingerprint density at radius 2 is 1.72 bits per heavy atom. The van der Waals surface area contributed by atoms with Crippen LogP contribution in [0.15, 0.2) is 76.4 Å². The van der Waals surface area contributed by atoms with E-state index in [1.165, 1.54) is 11.8 Å². The quantitative estimate of drug-likeness (QED) is 0.375. The normalized spacial score (nSPS) is 11.0. The average Bonchev–Trinajstić information content (AvgIpc) is 3.18. The summed E-state index contributed by atoms with van der Waals surface area (Å²) in [6.45, 7) is 2.78. The standard InChI is InChI=1S/C22H19BrN4OS/c1-2-27-21(15-8-4-3-5-9-15)25-26-22(27)29-14-20(28)24-19-13-12-18(23)16-10-6-7-11-17(16)19/h3-13H,2,14H2,1H3,(H,24,28). The molecule has 4 rings (SSSR count). The molecule has 0 unspecified atom stereocenters. The lowest BCUT2D eigenvalue weighted by atomic mass is 10.1. The molecule has 29 heavy (non-hydrogen) atoms. The van der Waals surface area contributed by atoms with Crippen LogP contribution in [0.4, 0.5) is 5.69 Å². The van der Waals surface area contributed by atoms with Crippen LogP contribution >= 0.6 is 27.7 Å². The molecule has 3 aromatic carbocycles. The molecular formula is C22H19BrN4OS. The zero-order chi connectivity index (χ0) is 20.2. The molecule has 0 aliphatic rings. The van der Waals surface area contributed by atoms with Gasteiger partial charge in [0, 0.05) is 27.7 Å². The third-order valence-corrected chi connectivity index (χ3v) is 6.20. The van der Waals surface area contributed by atoms with E-state index in [4.69, 9.17) is 0 Å². The second kappa shape index (κ2) is 8.80. The summed E-state index contributed by atoms with van der Waals surface area (Å²) in [7, 11) is 0. The van der Waals surface area contributed by atoms with E-state index in [-0.39, 0.29) is 11.7 Å². The van der Waals surface area contributed by atoms with E-state index >= 15 is 0 Å². The van der Waals surface area contributed by atoms with Crippen molar-refractivity contribution in [1.29, 1.82) is 0 Å². The van der Waals surface area contributed by atoms with E-state index in [1.807, 2.05) is 78.2 Å². The molecule has 0 spiro atoms. The molecule has 0 fully saturated rings. The number of carbonyl (C=O) groups is 1. The lowest BCUT2D eigenvalue weighted by molar-refractivity contribution is -0.113. The number of nitrogens with zero attached hydrogens (tertiary/aromatic N) is 3. The molecule has 0 aliphatic heterocycles. The minimum atomic E-state index is -0.0746. The van der Waals surface area contributed by atoms with E-state index in [2.05, 4.69) is 31.4 Å². The van der Waals surface area contributed by atoms with Gasteiger partial charge < -0.3 is 9.88 Å². The molecule has 7 heteroatoms. The number of rotatable bonds is 6. The Bertz CT molecular complexity index is 1160. The van der Waals surface area contributed by atoms with Gasteiger partial charge in [-0.3, -0.25) is 4.79 Å². The number of hydrogen-bond donors (Lipinski definition) is 1. The maximum absolute atomic E-state index is 12.6. The highest BCUT2D eigenvalue weighted by atomic mass is 79.9. The third kappa shape index (κ3) is 4.21. The molecule has 0 atom stereocenters. The maximum Gasteiger partial charge on any atom is 0.234 e. The molecule has 0 saturated carbocycles. The van der Waals surface area contributed by atoms with Crippen LogP contribution in [-0.4, -0.2) is 26.4 Å². The van der Waals surface area contributed by atoms with Gasteiger partial charge in [0.15, 0.2) is 11.0 Å². The smallest absolute Gasteiger partial charge is 0.234 e. The van der Waals surface area contributed by atoms with E-state index in [9.17, 15) is 4.79 Å². The average molecular weight is 467 g/mol. The van der Waals surface area contributed by atoms with E-state index in [0.717, 1.165) is 44.0 Å². The molecule has 146 valence electrons. The van der Waals surface area contributed by atoms with Gasteiger partial charge in [-0.15, -0.1) is 10.2 Å². The highest BCUT2D eigenvalue weighted by Gasteiger charge is 2.15. The second-order valence-corrected chi connectivity index (χ2v) is 8.19. The van der Waals surface area contributed by atoms with Crippen LogP contribution in [0.5, 0.6) is 0 Å². The number of halogens is 1. The van der Waals surface area contributed by atoms with Gasteiger partial charge in [0.2, 0.25) is 5.91 Å². The van der Waals surface area contributed by atoms with Gasteiger partial charge >= 0.3 is 0 Å². The Kier molecular flexibility index (Phi) is 5.97. The molecule has 1 amide bonds. The highest BCUT2D eigenvalue weighted by molar-refractivity contribution is 9.10. The summed E-state index contributed by atoms with van der Waals surface area (Å²) in [5.41, 5.74) is 1.82. The predicted octanol–water partition coefficient (Wildman–Crippen LogP) is 5.61. The topological polar surface area (TPSA) is 59.8 Å². The maximum atomic E-state index is 12.6. The summed E-state index contributed by atoms with van der Waals surface area (Å²) < 4.78 is 3.03. The van der Waals surface area contributed by atoms with E-state index in [0.29, 0.717) is 0 Å². The van der Waals surface area contributed by atoms with Crippen LogP contribution < -0.4 is 5.32 Å². The number of hydrogen-bond acceptors (Lipinski definition) is 4. The highest BCUT2D eigenvalue weighted by Crippen LogP contribution is 2.30. The number of carbonyl (C=O) groups excluding carboxylic acids is 1. The van der Waals surface area contributed by atoms with Gasteiger partial charge in [-0.05, 0) is 24.4 Å². The first kappa shape index (κ1) is 19.7. The molecule has 0 radical (unpaired) electrons. The van der Waals surface area contributed by atoms with Gasteiger partial charge in [0.05, 0.1) is 5.75 Å². The summed E-state index contributed by atoms with van der Waals surface area (Å²) >= 11 is 4.95. The van der Waals surface area contributed by atoms with Crippen molar-refractivity contribution >= 4 is 50.1 Å². The minimum absolute atomic E-state index is 0.0746. The molecule has 5 nitrogen and oxygen atoms in total. The van der Waals surface area contributed by atoms with Crippen molar-refractivity contribution in [2.75, 3.05) is 11.1 Å². The lowest BCUT2D eigenvalue weighted by Gasteiger charge is -2.10. The van der Waals surface area contributed by atoms with E-state index in [1.54, 1.807) is 0 Å². The molecule has 4 aromatic rings. The fourth-order valence-corrected chi connectivity index (χ4v) is 4.45. The van der Waals surface area contributed by atoms with Gasteiger partial charge in [0.25, 0.3) is 0 Å². The Balaban J connectivity index is 1.49. The number of benzene rings is 3. The minimum Gasteiger partial charge on any atom is -0.325 e. The van der Waals surface area contributed by atoms with E-state index < -0.39 is 0 Å². The Labute approximate surface area is 181 Å². The van der Waals surface area contributed by atoms with Gasteiger partial charge in [-0.25, -0.2) is 0 Å². The summed E-state index contributed by atoms with van der Waals surface area (Å²) in [6, 6.07) is 21.8. The van der Waals surface area contributed by atoms with Crippen molar-refractivity contribution in [3.63, 3.8) is 0 Å². The van der Waals surface area contributed by atoms with Crippen LogP contribution in [0.25, 0.3) is 22.2 Å². The summed E-state index contributed by atoms with van der Waals surface area (Å²) in [5.74, 6) is 1.00. The third-order valence-electron chi connectivity index (χ3n) is 4.54. The SMILES string of the molecule is CCn1c(SCC(=O)Nc2ccc(Br)c3ccccc23)nnc1-c1ccccc1. The first-order chi connectivity index (χ1) is 14.2. The molecule has 1 aromatic heterocycles. The fraction of sp³-hybridized carbons (Fsp3) is 0.136. The van der Waals surface area contributed by atoms with Gasteiger partial charge in [0.1, 0.15) is 0 Å². The number of nitrogens with one attached hydrogen (secondary N) is 1. The molecule has 1 N–H and O–H groups in total. The zero-order valence-electron chi connectivity index (χ0n) is 15.8. The molecule has 0 saturated heterocycles. The second-order valence-electron chi connectivity index (χ2n) is 6.39. The molecule has 0 aliphatic carbocycles. The van der Waals surface area contributed by atoms with Crippen molar-refractivity contribution in [3.8, 4) is 11.4 Å². The fourth-order valence-electron chi connectivity index (χ4n) is 3.17. The molecule has 0 bridgehead atoms. The Morgan fingerprint density at radius 3 is 2.48 bits per heavy atom. The van der Waals surface area contributed by atoms with Gasteiger partial charge in [-0.1, -0.05) is 82.3 Å². The Morgan fingerprint density at radius 1 is 1.00 bits per heavy atom. The van der Waals surface area contributed by atoms with Gasteiger partial charge in [-0.2, -0.15) is 0 Å². The Hall–Kier alpha value is -2.64. The number of aromatic nitrogens is 3. The van der Waals surface area contributed by atoms with Crippen LogP contribution in [0, 0.1) is 0 Å².